The van der Waals surface area contributed by atoms with E-state index in [2.05, 4.69) is 41.9 Å². The minimum absolute atomic E-state index is 0.108. The monoisotopic (exact) mass is 604 g/mol. The molecule has 1 unspecified atom stereocenters. The average Bonchev–Trinajstić information content (AvgIpc) is 3.52. The lowest BCUT2D eigenvalue weighted by atomic mass is 9.90. The summed E-state index contributed by atoms with van der Waals surface area (Å²) in [5.41, 5.74) is 4.01. The lowest BCUT2D eigenvalue weighted by Gasteiger charge is -2.31. The zero-order valence-corrected chi connectivity index (χ0v) is 26.4. The summed E-state index contributed by atoms with van der Waals surface area (Å²) in [6.07, 6.45) is 1.43. The maximum atomic E-state index is 14.2. The maximum absolute atomic E-state index is 14.2. The molecule has 4 aromatic rings. The van der Waals surface area contributed by atoms with Crippen molar-refractivity contribution >= 4 is 27.4 Å². The summed E-state index contributed by atoms with van der Waals surface area (Å²) in [4.78, 5) is 13.5. The Balaban J connectivity index is 1.44. The van der Waals surface area contributed by atoms with Gasteiger partial charge in [0.2, 0.25) is 0 Å². The van der Waals surface area contributed by atoms with Crippen molar-refractivity contribution in [2.45, 2.75) is 69.9 Å². The van der Waals surface area contributed by atoms with E-state index in [-0.39, 0.29) is 22.0 Å². The first-order valence-electron chi connectivity index (χ1n) is 14.6. The van der Waals surface area contributed by atoms with Gasteiger partial charge in [0.05, 0.1) is 22.3 Å². The quantitative estimate of drug-likeness (QED) is 0.228. The second-order valence-corrected chi connectivity index (χ2v) is 14.3. The Kier molecular flexibility index (Phi) is 8.49. The van der Waals surface area contributed by atoms with Crippen LogP contribution < -0.4 is 16.0 Å². The van der Waals surface area contributed by atoms with Gasteiger partial charge in [-0.05, 0) is 82.4 Å². The van der Waals surface area contributed by atoms with E-state index in [0.717, 1.165) is 30.0 Å². The third kappa shape index (κ3) is 6.52. The van der Waals surface area contributed by atoms with E-state index in [1.807, 2.05) is 43.3 Å². The second kappa shape index (κ2) is 12.0. The number of nitrogens with zero attached hydrogens (tertiary/aromatic N) is 3. The molecule has 43 heavy (non-hydrogen) atoms. The summed E-state index contributed by atoms with van der Waals surface area (Å²) >= 11 is 0. The van der Waals surface area contributed by atoms with Gasteiger partial charge in [0.1, 0.15) is 10.7 Å². The Morgan fingerprint density at radius 1 is 1.02 bits per heavy atom. The maximum Gasteiger partial charge on any atom is 0.324 e. The number of aromatic nitrogens is 3. The Labute approximate surface area is 253 Å². The summed E-state index contributed by atoms with van der Waals surface area (Å²) in [5, 5.41) is 17.1. The van der Waals surface area contributed by atoms with E-state index in [0.29, 0.717) is 35.6 Å². The minimum Gasteiger partial charge on any atom is -0.360 e. The van der Waals surface area contributed by atoms with Crippen molar-refractivity contribution < 1.29 is 17.7 Å². The van der Waals surface area contributed by atoms with Gasteiger partial charge in [-0.2, -0.15) is 5.10 Å². The Hall–Kier alpha value is -3.96. The number of hydrogen-bond donors (Lipinski definition) is 3. The van der Waals surface area contributed by atoms with E-state index in [4.69, 9.17) is 9.62 Å². The fraction of sp³-hybridized carbons (Fsp3) is 0.406. The second-order valence-electron chi connectivity index (χ2n) is 12.3. The van der Waals surface area contributed by atoms with Gasteiger partial charge < -0.3 is 15.2 Å². The average molecular weight is 605 g/mol. The van der Waals surface area contributed by atoms with Gasteiger partial charge in [0.25, 0.3) is 0 Å². The molecule has 0 radical (unpaired) electrons. The molecule has 1 aliphatic rings. The number of carbonyl (C=O) groups excluding carboxylic acids is 1. The molecule has 3 N–H and O–H groups in total. The number of urea groups is 1. The van der Waals surface area contributed by atoms with Crippen LogP contribution in [0.4, 0.5) is 16.3 Å². The number of sulfone groups is 1. The lowest BCUT2D eigenvalue weighted by molar-refractivity contribution is 0.262. The largest absolute Gasteiger partial charge is 0.360 e. The van der Waals surface area contributed by atoms with Gasteiger partial charge in [-0.15, -0.1) is 0 Å². The first kappa shape index (κ1) is 30.5. The third-order valence-corrected chi connectivity index (χ3v) is 10.3. The van der Waals surface area contributed by atoms with E-state index in [9.17, 15) is 13.2 Å². The Morgan fingerprint density at radius 3 is 2.35 bits per heavy atom. The van der Waals surface area contributed by atoms with Gasteiger partial charge in [-0.3, -0.25) is 5.32 Å². The topological polar surface area (TPSA) is 131 Å². The summed E-state index contributed by atoms with van der Waals surface area (Å²) in [7, 11) is -3.84. The molecule has 2 amide bonds. The molecule has 0 aliphatic carbocycles. The molecule has 1 atom stereocenters. The van der Waals surface area contributed by atoms with Gasteiger partial charge >= 0.3 is 6.03 Å². The van der Waals surface area contributed by atoms with E-state index < -0.39 is 21.1 Å². The highest BCUT2D eigenvalue weighted by Crippen LogP contribution is 2.41. The number of nitrogens with one attached hydrogen (secondary N) is 3. The number of piperidine rings is 1. The number of carbonyl (C=O) groups is 1. The highest BCUT2D eigenvalue weighted by molar-refractivity contribution is 7.91. The molecule has 0 spiro atoms. The van der Waals surface area contributed by atoms with Crippen molar-refractivity contribution in [3.63, 3.8) is 0 Å². The molecule has 1 fully saturated rings. The first-order chi connectivity index (χ1) is 20.3. The number of hydrogen-bond acceptors (Lipinski definition) is 7. The molecule has 3 heterocycles. The first-order valence-corrected chi connectivity index (χ1v) is 16.1. The van der Waals surface area contributed by atoms with Crippen molar-refractivity contribution in [3.8, 4) is 5.69 Å². The van der Waals surface area contributed by atoms with Crippen LogP contribution in [0, 0.1) is 26.7 Å². The molecule has 2 aromatic carbocycles. The number of anilines is 2. The highest BCUT2D eigenvalue weighted by atomic mass is 32.2. The molecule has 228 valence electrons. The van der Waals surface area contributed by atoms with Crippen molar-refractivity contribution in [2.75, 3.05) is 23.7 Å². The fourth-order valence-corrected chi connectivity index (χ4v) is 8.08. The summed E-state index contributed by atoms with van der Waals surface area (Å²) in [6.45, 7) is 13.0. The molecule has 2 aromatic heterocycles. The van der Waals surface area contributed by atoms with Crippen LogP contribution in [0.5, 0.6) is 0 Å². The van der Waals surface area contributed by atoms with Crippen molar-refractivity contribution in [3.05, 3.63) is 82.9 Å². The van der Waals surface area contributed by atoms with E-state index in [1.165, 1.54) is 0 Å². The number of amides is 2. The van der Waals surface area contributed by atoms with Gasteiger partial charge in [0, 0.05) is 17.2 Å². The molecule has 10 nitrogen and oxygen atoms in total. The highest BCUT2D eigenvalue weighted by Gasteiger charge is 2.40. The normalized spacial score (nSPS) is 15.3. The molecule has 1 aliphatic heterocycles. The molecule has 1 saturated heterocycles. The molecule has 5 rings (SSSR count). The molecular formula is C32H40N6O4S. The Bertz CT molecular complexity index is 1690. The third-order valence-electron chi connectivity index (χ3n) is 7.87. The van der Waals surface area contributed by atoms with Crippen LogP contribution in [0.25, 0.3) is 5.69 Å². The summed E-state index contributed by atoms with van der Waals surface area (Å²) in [6, 6.07) is 16.4. The molecule has 11 heteroatoms. The molecule has 0 saturated carbocycles. The zero-order chi connectivity index (χ0) is 30.9. The van der Waals surface area contributed by atoms with Gasteiger partial charge in [-0.25, -0.2) is 17.9 Å². The number of aryl methyl sites for hydroxylation is 3. The van der Waals surface area contributed by atoms with Gasteiger partial charge in [0.15, 0.2) is 15.6 Å². The number of benzene rings is 2. The number of rotatable bonds is 7. The Morgan fingerprint density at radius 2 is 1.72 bits per heavy atom. The smallest absolute Gasteiger partial charge is 0.324 e. The SMILES string of the molecule is Cc1ccc(-n2nc(C(C)(C)C)cc2NC(=O)Nc2cccc(C(C3CCNCC3)S(=O)(=O)c3c(C)noc3C)c2)cc1. The van der Waals surface area contributed by atoms with Crippen LogP contribution in [-0.4, -0.2) is 42.5 Å². The summed E-state index contributed by atoms with van der Waals surface area (Å²) < 4.78 is 35.3. The predicted molar refractivity (Wildman–Crippen MR) is 168 cm³/mol. The van der Waals surface area contributed by atoms with Crippen LogP contribution >= 0.6 is 0 Å². The standard InChI is InChI=1S/C32H40N6O4S/c1-20-10-12-26(13-11-20)38-28(19-27(36-38)32(4,5)6)35-31(39)34-25-9-7-8-24(18-25)30(23-14-16-33-17-15-23)43(40,41)29-21(2)37-42-22(29)3/h7-13,18-19,23,30,33H,14-17H2,1-6H3,(H2,34,35,39). The van der Waals surface area contributed by atoms with E-state index in [1.54, 1.807) is 36.7 Å². The van der Waals surface area contributed by atoms with Crippen LogP contribution in [0.3, 0.4) is 0 Å². The van der Waals surface area contributed by atoms with Crippen molar-refractivity contribution in [2.24, 2.45) is 5.92 Å². The van der Waals surface area contributed by atoms with E-state index >= 15 is 0 Å². The van der Waals surface area contributed by atoms with Gasteiger partial charge in [-0.1, -0.05) is 55.8 Å². The van der Waals surface area contributed by atoms with Crippen molar-refractivity contribution in [1.82, 2.24) is 20.3 Å². The summed E-state index contributed by atoms with van der Waals surface area (Å²) in [5.74, 6) is 0.699. The fourth-order valence-electron chi connectivity index (χ4n) is 5.65. The molecule has 0 bridgehead atoms. The minimum atomic E-state index is -3.84. The van der Waals surface area contributed by atoms with Crippen LogP contribution in [-0.2, 0) is 15.3 Å². The van der Waals surface area contributed by atoms with Crippen LogP contribution in [0.15, 0.2) is 64.0 Å². The lowest BCUT2D eigenvalue weighted by Crippen LogP contribution is -2.34. The molecular weight excluding hydrogens is 564 g/mol. The van der Waals surface area contributed by atoms with Crippen LogP contribution in [0.2, 0.25) is 0 Å². The van der Waals surface area contributed by atoms with Crippen LogP contribution in [0.1, 0.15) is 67.1 Å². The van der Waals surface area contributed by atoms with Crippen molar-refractivity contribution in [1.29, 1.82) is 0 Å². The zero-order valence-electron chi connectivity index (χ0n) is 25.6. The predicted octanol–water partition coefficient (Wildman–Crippen LogP) is 6.24.